The molecule has 11 heavy (non-hydrogen) atoms. The summed E-state index contributed by atoms with van der Waals surface area (Å²) in [7, 11) is 0. The summed E-state index contributed by atoms with van der Waals surface area (Å²) in [5, 5.41) is 11.9. The van der Waals surface area contributed by atoms with Gasteiger partial charge in [0, 0.05) is 6.61 Å². The molecule has 0 saturated carbocycles. The van der Waals surface area contributed by atoms with Crippen LogP contribution in [0.5, 0.6) is 0 Å². The van der Waals surface area contributed by atoms with Crippen molar-refractivity contribution in [1.82, 2.24) is 5.32 Å². The first kappa shape index (κ1) is 11.4. The molecule has 0 aromatic rings. The van der Waals surface area contributed by atoms with Crippen LogP contribution in [-0.2, 0) is 0 Å². The van der Waals surface area contributed by atoms with E-state index in [0.717, 1.165) is 12.3 Å². The highest BCUT2D eigenvalue weighted by Crippen LogP contribution is 2.16. The molecule has 0 unspecified atom stereocenters. The summed E-state index contributed by atoms with van der Waals surface area (Å²) in [5.41, 5.74) is 0. The molecule has 2 N–H and O–H groups in total. The van der Waals surface area contributed by atoms with Crippen molar-refractivity contribution in [2.75, 3.05) is 19.7 Å². The van der Waals surface area contributed by atoms with Gasteiger partial charge in [0.05, 0.1) is 0 Å². The lowest BCUT2D eigenvalue weighted by molar-refractivity contribution is 0.257. The number of piperidine rings is 1. The average Bonchev–Trinajstić information content (AvgIpc) is 2.03. The quantitative estimate of drug-likeness (QED) is 0.758. The average molecular weight is 224 g/mol. The van der Waals surface area contributed by atoms with Crippen molar-refractivity contribution in [3.05, 3.63) is 0 Å². The van der Waals surface area contributed by atoms with Crippen molar-refractivity contribution in [1.29, 1.82) is 0 Å². The molecule has 1 aliphatic heterocycles. The van der Waals surface area contributed by atoms with Crippen molar-refractivity contribution in [3.8, 4) is 0 Å². The molecule has 0 aromatic carbocycles. The molecule has 0 amide bonds. The van der Waals surface area contributed by atoms with E-state index in [1.54, 1.807) is 0 Å². The van der Waals surface area contributed by atoms with Crippen LogP contribution in [0.25, 0.3) is 0 Å². The first-order valence-corrected chi connectivity index (χ1v) is 4.25. The van der Waals surface area contributed by atoms with Crippen LogP contribution < -0.4 is 5.32 Å². The summed E-state index contributed by atoms with van der Waals surface area (Å²) in [6.07, 6.45) is 4.82. The van der Waals surface area contributed by atoms with E-state index in [-0.39, 0.29) is 17.0 Å². The summed E-state index contributed by atoms with van der Waals surface area (Å²) < 4.78 is 0. The van der Waals surface area contributed by atoms with E-state index in [2.05, 4.69) is 5.32 Å². The number of halogens is 1. The molecule has 3 heteroatoms. The molecule has 0 aliphatic carbocycles. The lowest BCUT2D eigenvalue weighted by Gasteiger charge is -2.21. The maximum atomic E-state index is 8.58. The first-order valence-electron chi connectivity index (χ1n) is 4.25. The van der Waals surface area contributed by atoms with Crippen molar-refractivity contribution in [2.24, 2.45) is 5.92 Å². The smallest absolute Gasteiger partial charge is 0.0431 e. The zero-order chi connectivity index (χ0) is 7.23. The zero-order valence-electron chi connectivity index (χ0n) is 6.88. The van der Waals surface area contributed by atoms with Crippen LogP contribution in [0, 0.1) is 5.92 Å². The molecule has 1 heterocycles. The Morgan fingerprint density at radius 2 is 1.91 bits per heavy atom. The van der Waals surface area contributed by atoms with Gasteiger partial charge >= 0.3 is 0 Å². The minimum atomic E-state index is 0. The van der Waals surface area contributed by atoms with Crippen LogP contribution in [0.1, 0.15) is 25.7 Å². The first-order chi connectivity index (χ1) is 4.93. The Bertz CT molecular complexity index is 84.2. The number of rotatable bonds is 3. The van der Waals surface area contributed by atoms with Gasteiger partial charge in [-0.3, -0.25) is 0 Å². The fourth-order valence-electron chi connectivity index (χ4n) is 1.55. The lowest BCUT2D eigenvalue weighted by Crippen LogP contribution is -2.27. The van der Waals surface area contributed by atoms with Crippen LogP contribution in [-0.4, -0.2) is 24.8 Å². The normalized spacial score (nSPS) is 19.4. The molecule has 0 aromatic heterocycles. The molecule has 1 rings (SSSR count). The van der Waals surface area contributed by atoms with E-state index < -0.39 is 0 Å². The van der Waals surface area contributed by atoms with Crippen molar-refractivity contribution in [2.45, 2.75) is 25.7 Å². The van der Waals surface area contributed by atoms with Gasteiger partial charge in [0.1, 0.15) is 0 Å². The van der Waals surface area contributed by atoms with Crippen LogP contribution >= 0.6 is 17.0 Å². The third-order valence-corrected chi connectivity index (χ3v) is 2.23. The Morgan fingerprint density at radius 3 is 2.45 bits per heavy atom. The maximum absolute atomic E-state index is 8.58. The predicted octanol–water partition coefficient (Wildman–Crippen LogP) is 1.34. The van der Waals surface area contributed by atoms with Crippen LogP contribution in [0.3, 0.4) is 0 Å². The summed E-state index contributed by atoms with van der Waals surface area (Å²) in [4.78, 5) is 0. The Morgan fingerprint density at radius 1 is 1.27 bits per heavy atom. The molecule has 0 spiro atoms. The Hall–Kier alpha value is 0.400. The van der Waals surface area contributed by atoms with Gasteiger partial charge in [-0.1, -0.05) is 0 Å². The molecule has 68 valence electrons. The van der Waals surface area contributed by atoms with Gasteiger partial charge in [-0.2, -0.15) is 0 Å². The molecule has 1 saturated heterocycles. The molecule has 0 atom stereocenters. The fraction of sp³-hybridized carbons (Fsp3) is 1.00. The van der Waals surface area contributed by atoms with E-state index in [0.29, 0.717) is 6.61 Å². The van der Waals surface area contributed by atoms with Crippen molar-refractivity contribution < 1.29 is 5.11 Å². The number of aliphatic hydroxyl groups is 1. The van der Waals surface area contributed by atoms with E-state index in [1.807, 2.05) is 0 Å². The second-order valence-electron chi connectivity index (χ2n) is 3.06. The van der Waals surface area contributed by atoms with Gasteiger partial charge in [0.25, 0.3) is 0 Å². The third-order valence-electron chi connectivity index (χ3n) is 2.23. The number of hydrogen-bond acceptors (Lipinski definition) is 2. The highest BCUT2D eigenvalue weighted by molar-refractivity contribution is 8.93. The van der Waals surface area contributed by atoms with Crippen LogP contribution in [0.4, 0.5) is 0 Å². The van der Waals surface area contributed by atoms with Gasteiger partial charge in [-0.05, 0) is 44.7 Å². The molecule has 0 bridgehead atoms. The van der Waals surface area contributed by atoms with Crippen LogP contribution in [0.15, 0.2) is 0 Å². The minimum absolute atomic E-state index is 0. The monoisotopic (exact) mass is 223 g/mol. The van der Waals surface area contributed by atoms with E-state index in [9.17, 15) is 0 Å². The van der Waals surface area contributed by atoms with E-state index in [1.165, 1.54) is 32.4 Å². The topological polar surface area (TPSA) is 32.3 Å². The summed E-state index contributed by atoms with van der Waals surface area (Å²) in [6.45, 7) is 2.72. The second kappa shape index (κ2) is 7.07. The second-order valence-corrected chi connectivity index (χ2v) is 3.06. The third kappa shape index (κ3) is 4.77. The molecular weight excluding hydrogens is 206 g/mol. The summed E-state index contributed by atoms with van der Waals surface area (Å²) in [6, 6.07) is 0. The SMILES string of the molecule is Br.OCCCC1CCNCC1. The lowest BCUT2D eigenvalue weighted by atomic mass is 9.93. The molecule has 1 aliphatic rings. The number of aliphatic hydroxyl groups excluding tert-OH is 1. The van der Waals surface area contributed by atoms with Gasteiger partial charge in [0.2, 0.25) is 0 Å². The molecular formula is C8H18BrNO. The van der Waals surface area contributed by atoms with Gasteiger partial charge in [-0.25, -0.2) is 0 Å². The summed E-state index contributed by atoms with van der Waals surface area (Å²) >= 11 is 0. The summed E-state index contributed by atoms with van der Waals surface area (Å²) in [5.74, 6) is 0.883. The van der Waals surface area contributed by atoms with E-state index in [4.69, 9.17) is 5.11 Å². The standard InChI is InChI=1S/C8H17NO.BrH/c10-7-1-2-8-3-5-9-6-4-8;/h8-10H,1-7H2;1H. The Labute approximate surface area is 79.1 Å². The maximum Gasteiger partial charge on any atom is 0.0431 e. The minimum Gasteiger partial charge on any atom is -0.396 e. The van der Waals surface area contributed by atoms with Gasteiger partial charge in [0.15, 0.2) is 0 Å². The van der Waals surface area contributed by atoms with E-state index >= 15 is 0 Å². The highest BCUT2D eigenvalue weighted by Gasteiger charge is 2.11. The Kier molecular flexibility index (Phi) is 7.33. The number of nitrogens with one attached hydrogen (secondary N) is 1. The largest absolute Gasteiger partial charge is 0.396 e. The van der Waals surface area contributed by atoms with Crippen LogP contribution in [0.2, 0.25) is 0 Å². The van der Waals surface area contributed by atoms with Gasteiger partial charge < -0.3 is 10.4 Å². The molecule has 0 radical (unpaired) electrons. The van der Waals surface area contributed by atoms with Crippen molar-refractivity contribution in [3.63, 3.8) is 0 Å². The highest BCUT2D eigenvalue weighted by atomic mass is 79.9. The number of hydrogen-bond donors (Lipinski definition) is 2. The van der Waals surface area contributed by atoms with Gasteiger partial charge in [-0.15, -0.1) is 17.0 Å². The zero-order valence-corrected chi connectivity index (χ0v) is 8.60. The molecule has 1 fully saturated rings. The fourth-order valence-corrected chi connectivity index (χ4v) is 1.55. The molecule has 2 nitrogen and oxygen atoms in total. The van der Waals surface area contributed by atoms with Crippen molar-refractivity contribution >= 4 is 17.0 Å². The Balaban J connectivity index is 0.000001000. The predicted molar refractivity (Wildman–Crippen MR) is 52.2 cm³/mol.